The Balaban J connectivity index is 2.03. The molecule has 0 saturated heterocycles. The molecule has 84 valence electrons. The van der Waals surface area contributed by atoms with Crippen LogP contribution in [0.1, 0.15) is 26.2 Å². The zero-order chi connectivity index (χ0) is 10.4. The van der Waals surface area contributed by atoms with E-state index in [0.717, 1.165) is 32.4 Å². The van der Waals surface area contributed by atoms with E-state index in [0.29, 0.717) is 18.2 Å². The number of rotatable bonds is 8. The van der Waals surface area contributed by atoms with Crippen LogP contribution >= 0.6 is 0 Å². The zero-order valence-corrected chi connectivity index (χ0v) is 9.57. The van der Waals surface area contributed by atoms with Gasteiger partial charge in [-0.05, 0) is 38.3 Å². The van der Waals surface area contributed by atoms with Crippen LogP contribution in [-0.4, -0.2) is 33.8 Å². The van der Waals surface area contributed by atoms with E-state index in [2.05, 4.69) is 10.0 Å². The number of sulfonamides is 1. The van der Waals surface area contributed by atoms with Gasteiger partial charge in [0.15, 0.2) is 0 Å². The van der Waals surface area contributed by atoms with Gasteiger partial charge in [-0.25, -0.2) is 13.1 Å². The fourth-order valence-corrected chi connectivity index (χ4v) is 2.80. The van der Waals surface area contributed by atoms with Crippen LogP contribution in [-0.2, 0) is 10.0 Å². The molecule has 2 N–H and O–H groups in total. The van der Waals surface area contributed by atoms with E-state index in [-0.39, 0.29) is 0 Å². The van der Waals surface area contributed by atoms with Crippen molar-refractivity contribution < 1.29 is 8.42 Å². The molecule has 0 amide bonds. The van der Waals surface area contributed by atoms with Crippen LogP contribution in [0.2, 0.25) is 0 Å². The Morgan fingerprint density at radius 2 is 2.00 bits per heavy atom. The van der Waals surface area contributed by atoms with E-state index < -0.39 is 10.0 Å². The topological polar surface area (TPSA) is 58.2 Å². The number of hydrogen-bond acceptors (Lipinski definition) is 3. The maximum atomic E-state index is 11.4. The van der Waals surface area contributed by atoms with Crippen molar-refractivity contribution >= 4 is 10.0 Å². The van der Waals surface area contributed by atoms with Gasteiger partial charge in [-0.2, -0.15) is 0 Å². The Morgan fingerprint density at radius 3 is 2.57 bits per heavy atom. The maximum Gasteiger partial charge on any atom is 0.211 e. The predicted octanol–water partition coefficient (Wildman–Crippen LogP) is 0.315. The van der Waals surface area contributed by atoms with E-state index in [1.165, 1.54) is 0 Å². The standard InChI is InChI=1S/C9H20N2O2S/c1-2-10-6-3-7-11-14(12,13)8-9-4-5-9/h9-11H,2-8H2,1H3. The molecule has 1 aliphatic carbocycles. The SMILES string of the molecule is CCNCCCNS(=O)(=O)CC1CC1. The van der Waals surface area contributed by atoms with Gasteiger partial charge in [0.05, 0.1) is 5.75 Å². The highest BCUT2D eigenvalue weighted by molar-refractivity contribution is 7.89. The molecule has 0 bridgehead atoms. The fraction of sp³-hybridized carbons (Fsp3) is 1.00. The first-order valence-corrected chi connectivity index (χ1v) is 6.97. The van der Waals surface area contributed by atoms with Crippen LogP contribution in [0.3, 0.4) is 0 Å². The number of nitrogens with one attached hydrogen (secondary N) is 2. The minimum Gasteiger partial charge on any atom is -0.317 e. The first-order chi connectivity index (χ1) is 6.64. The molecule has 0 aliphatic heterocycles. The normalized spacial score (nSPS) is 17.2. The molecule has 4 nitrogen and oxygen atoms in total. The van der Waals surface area contributed by atoms with Crippen LogP contribution in [0.25, 0.3) is 0 Å². The second-order valence-corrected chi connectivity index (χ2v) is 5.68. The van der Waals surface area contributed by atoms with Gasteiger partial charge >= 0.3 is 0 Å². The molecule has 5 heteroatoms. The van der Waals surface area contributed by atoms with Crippen molar-refractivity contribution in [2.75, 3.05) is 25.4 Å². The van der Waals surface area contributed by atoms with E-state index in [4.69, 9.17) is 0 Å². The number of hydrogen-bond donors (Lipinski definition) is 2. The van der Waals surface area contributed by atoms with Crippen LogP contribution in [0.4, 0.5) is 0 Å². The Hall–Kier alpha value is -0.130. The second kappa shape index (κ2) is 5.68. The smallest absolute Gasteiger partial charge is 0.211 e. The molecule has 1 fully saturated rings. The van der Waals surface area contributed by atoms with E-state index >= 15 is 0 Å². The van der Waals surface area contributed by atoms with Crippen LogP contribution in [0.15, 0.2) is 0 Å². The lowest BCUT2D eigenvalue weighted by Gasteiger charge is -2.05. The van der Waals surface area contributed by atoms with Crippen molar-refractivity contribution in [2.24, 2.45) is 5.92 Å². The summed E-state index contributed by atoms with van der Waals surface area (Å²) in [5, 5.41) is 3.15. The van der Waals surface area contributed by atoms with Gasteiger partial charge in [0, 0.05) is 6.54 Å². The summed E-state index contributed by atoms with van der Waals surface area (Å²) in [7, 11) is -2.98. The molecule has 0 heterocycles. The quantitative estimate of drug-likeness (QED) is 0.579. The summed E-state index contributed by atoms with van der Waals surface area (Å²) in [6.07, 6.45) is 3.02. The van der Waals surface area contributed by atoms with Gasteiger partial charge in [-0.15, -0.1) is 0 Å². The summed E-state index contributed by atoms with van der Waals surface area (Å²) in [5.41, 5.74) is 0. The van der Waals surface area contributed by atoms with Crippen molar-refractivity contribution in [1.82, 2.24) is 10.0 Å². The molecule has 1 rings (SSSR count). The maximum absolute atomic E-state index is 11.4. The minimum absolute atomic E-state index is 0.328. The summed E-state index contributed by atoms with van der Waals surface area (Å²) in [6, 6.07) is 0. The lowest BCUT2D eigenvalue weighted by Crippen LogP contribution is -2.30. The van der Waals surface area contributed by atoms with E-state index in [9.17, 15) is 8.42 Å². The Bertz CT molecular complexity index is 248. The van der Waals surface area contributed by atoms with Crippen molar-refractivity contribution in [2.45, 2.75) is 26.2 Å². The summed E-state index contributed by atoms with van der Waals surface area (Å²) in [4.78, 5) is 0. The lowest BCUT2D eigenvalue weighted by molar-refractivity contribution is 0.571. The summed E-state index contributed by atoms with van der Waals surface area (Å²) >= 11 is 0. The minimum atomic E-state index is -2.98. The van der Waals surface area contributed by atoms with Gasteiger partial charge in [-0.1, -0.05) is 6.92 Å². The highest BCUT2D eigenvalue weighted by atomic mass is 32.2. The molecule has 0 radical (unpaired) electrons. The molecule has 1 aliphatic rings. The van der Waals surface area contributed by atoms with Gasteiger partial charge in [-0.3, -0.25) is 0 Å². The third-order valence-corrected chi connectivity index (χ3v) is 3.81. The van der Waals surface area contributed by atoms with E-state index in [1.807, 2.05) is 6.92 Å². The summed E-state index contributed by atoms with van der Waals surface area (Å²) in [5.74, 6) is 0.759. The first-order valence-electron chi connectivity index (χ1n) is 5.32. The Kier molecular flexibility index (Phi) is 4.84. The molecule has 14 heavy (non-hydrogen) atoms. The molecule has 0 atom stereocenters. The molecule has 0 aromatic heterocycles. The largest absolute Gasteiger partial charge is 0.317 e. The lowest BCUT2D eigenvalue weighted by atomic mass is 10.4. The van der Waals surface area contributed by atoms with Crippen molar-refractivity contribution in [1.29, 1.82) is 0 Å². The average molecular weight is 220 g/mol. The monoisotopic (exact) mass is 220 g/mol. The predicted molar refractivity (Wildman–Crippen MR) is 57.7 cm³/mol. The molecular weight excluding hydrogens is 200 g/mol. The van der Waals surface area contributed by atoms with Crippen LogP contribution < -0.4 is 10.0 Å². The first kappa shape index (κ1) is 11.9. The molecule has 0 unspecified atom stereocenters. The summed E-state index contributed by atoms with van der Waals surface area (Å²) < 4.78 is 25.4. The van der Waals surface area contributed by atoms with Gasteiger partial charge in [0.25, 0.3) is 0 Å². The molecule has 0 spiro atoms. The van der Waals surface area contributed by atoms with Crippen molar-refractivity contribution in [3.05, 3.63) is 0 Å². The molecule has 1 saturated carbocycles. The highest BCUT2D eigenvalue weighted by Gasteiger charge is 2.27. The second-order valence-electron chi connectivity index (χ2n) is 3.83. The molecule has 0 aromatic carbocycles. The third-order valence-electron chi connectivity index (χ3n) is 2.25. The zero-order valence-electron chi connectivity index (χ0n) is 8.75. The van der Waals surface area contributed by atoms with Crippen molar-refractivity contribution in [3.63, 3.8) is 0 Å². The van der Waals surface area contributed by atoms with Crippen LogP contribution in [0.5, 0.6) is 0 Å². The Morgan fingerprint density at radius 1 is 1.29 bits per heavy atom. The fourth-order valence-electron chi connectivity index (χ4n) is 1.27. The highest BCUT2D eigenvalue weighted by Crippen LogP contribution is 2.29. The van der Waals surface area contributed by atoms with Crippen molar-refractivity contribution in [3.8, 4) is 0 Å². The van der Waals surface area contributed by atoms with Crippen LogP contribution in [0, 0.1) is 5.92 Å². The van der Waals surface area contributed by atoms with Gasteiger partial charge in [0.1, 0.15) is 0 Å². The molecular formula is C9H20N2O2S. The van der Waals surface area contributed by atoms with Gasteiger partial charge < -0.3 is 5.32 Å². The third kappa shape index (κ3) is 5.57. The van der Waals surface area contributed by atoms with E-state index in [1.54, 1.807) is 0 Å². The Labute approximate surface area is 86.5 Å². The average Bonchev–Trinajstić information content (AvgIpc) is 2.87. The molecule has 0 aromatic rings. The summed E-state index contributed by atoms with van der Waals surface area (Å²) in [6.45, 7) is 4.41. The van der Waals surface area contributed by atoms with Gasteiger partial charge in [0.2, 0.25) is 10.0 Å².